The average molecular weight is 348 g/mol. The lowest BCUT2D eigenvalue weighted by Crippen LogP contribution is -2.31. The monoisotopic (exact) mass is 347 g/mol. The Morgan fingerprint density at radius 3 is 2.67 bits per heavy atom. The zero-order valence-corrected chi connectivity index (χ0v) is 14.5. The molecule has 1 atom stereocenters. The van der Waals surface area contributed by atoms with Gasteiger partial charge in [-0.2, -0.15) is 5.10 Å². The van der Waals surface area contributed by atoms with E-state index in [4.69, 9.17) is 11.6 Å². The molecule has 0 radical (unpaired) electrons. The van der Waals surface area contributed by atoms with Crippen LogP contribution in [0.25, 0.3) is 0 Å². The second-order valence-corrected chi connectivity index (χ2v) is 6.72. The van der Waals surface area contributed by atoms with E-state index < -0.39 is 6.04 Å². The number of hydrogen-bond acceptors (Lipinski definition) is 3. The molecule has 0 saturated heterocycles. The first-order valence-electron chi connectivity index (χ1n) is 8.31. The predicted octanol–water partition coefficient (Wildman–Crippen LogP) is 3.42. The number of halogens is 1. The summed E-state index contributed by atoms with van der Waals surface area (Å²) < 4.78 is 1.97. The maximum Gasteiger partial charge on any atom is 0.255 e. The molecule has 1 saturated carbocycles. The van der Waals surface area contributed by atoms with Crippen LogP contribution in [0.3, 0.4) is 0 Å². The summed E-state index contributed by atoms with van der Waals surface area (Å²) in [7, 11) is 0. The van der Waals surface area contributed by atoms with E-state index in [0.29, 0.717) is 16.6 Å². The zero-order chi connectivity index (χ0) is 17.1. The van der Waals surface area contributed by atoms with Crippen LogP contribution in [0.4, 0.5) is 0 Å². The second-order valence-electron chi connectivity index (χ2n) is 6.29. The Kier molecular flexibility index (Phi) is 5.21. The minimum absolute atomic E-state index is 0.177. The van der Waals surface area contributed by atoms with E-state index in [9.17, 15) is 9.90 Å². The molecule has 3 rings (SSSR count). The van der Waals surface area contributed by atoms with Gasteiger partial charge in [-0.1, -0.05) is 36.6 Å². The number of carbonyl (C=O) groups excluding carboxylic acids is 1. The minimum Gasteiger partial charge on any atom is -0.394 e. The van der Waals surface area contributed by atoms with Gasteiger partial charge >= 0.3 is 0 Å². The van der Waals surface area contributed by atoms with Gasteiger partial charge in [0.15, 0.2) is 0 Å². The summed E-state index contributed by atoms with van der Waals surface area (Å²) in [5.74, 6) is -0.217. The molecule has 0 aliphatic heterocycles. The molecular weight excluding hydrogens is 326 g/mol. The molecule has 1 aromatic carbocycles. The highest BCUT2D eigenvalue weighted by Crippen LogP contribution is 2.30. The lowest BCUT2D eigenvalue weighted by atomic mass is 10.1. The van der Waals surface area contributed by atoms with Crippen LogP contribution in [0.1, 0.15) is 59.4 Å². The van der Waals surface area contributed by atoms with Gasteiger partial charge in [-0.15, -0.1) is 0 Å². The molecular formula is C18H22ClN3O2. The molecule has 2 aromatic rings. The first-order chi connectivity index (χ1) is 11.6. The standard InChI is InChI=1S/C18H22ClN3O2/c1-12-16(10-20-22(12)15-4-2-3-5-15)18(24)21-17(11-23)13-6-8-14(19)9-7-13/h6-10,15,17,23H,2-5,11H2,1H3,(H,21,24). The normalized spacial score (nSPS) is 16.3. The smallest absolute Gasteiger partial charge is 0.255 e. The highest BCUT2D eigenvalue weighted by atomic mass is 35.5. The summed E-state index contributed by atoms with van der Waals surface area (Å²) in [5, 5.41) is 17.5. The number of nitrogens with one attached hydrogen (secondary N) is 1. The third-order valence-electron chi connectivity index (χ3n) is 4.72. The van der Waals surface area contributed by atoms with Crippen molar-refractivity contribution in [3.63, 3.8) is 0 Å². The SMILES string of the molecule is Cc1c(C(=O)NC(CO)c2ccc(Cl)cc2)cnn1C1CCCC1. The number of aliphatic hydroxyl groups excluding tert-OH is 1. The molecule has 6 heteroatoms. The van der Waals surface area contributed by atoms with E-state index in [-0.39, 0.29) is 12.5 Å². The minimum atomic E-state index is -0.469. The summed E-state index contributed by atoms with van der Waals surface area (Å²) >= 11 is 5.89. The number of carbonyl (C=O) groups is 1. The molecule has 1 aliphatic rings. The fourth-order valence-electron chi connectivity index (χ4n) is 3.33. The molecule has 1 aliphatic carbocycles. The van der Waals surface area contributed by atoms with Crippen molar-refractivity contribution in [3.8, 4) is 0 Å². The maximum atomic E-state index is 12.6. The van der Waals surface area contributed by atoms with Crippen LogP contribution in [0.2, 0.25) is 5.02 Å². The van der Waals surface area contributed by atoms with Gasteiger partial charge in [-0.3, -0.25) is 9.48 Å². The molecule has 128 valence electrons. The Balaban J connectivity index is 1.75. The third kappa shape index (κ3) is 3.47. The molecule has 0 bridgehead atoms. The van der Waals surface area contributed by atoms with Crippen molar-refractivity contribution >= 4 is 17.5 Å². The van der Waals surface area contributed by atoms with Crippen LogP contribution in [0, 0.1) is 6.92 Å². The molecule has 1 heterocycles. The fraction of sp³-hybridized carbons (Fsp3) is 0.444. The maximum absolute atomic E-state index is 12.6. The van der Waals surface area contributed by atoms with E-state index in [1.165, 1.54) is 12.8 Å². The number of benzene rings is 1. The quantitative estimate of drug-likeness (QED) is 0.870. The highest BCUT2D eigenvalue weighted by molar-refractivity contribution is 6.30. The van der Waals surface area contributed by atoms with Crippen molar-refractivity contribution in [2.45, 2.75) is 44.7 Å². The second kappa shape index (κ2) is 7.36. The number of rotatable bonds is 5. The van der Waals surface area contributed by atoms with Crippen molar-refractivity contribution in [1.82, 2.24) is 15.1 Å². The Morgan fingerprint density at radius 1 is 1.38 bits per heavy atom. The Bertz CT molecular complexity index is 706. The summed E-state index contributed by atoms with van der Waals surface area (Å²) in [5.41, 5.74) is 2.26. The first kappa shape index (κ1) is 17.0. The summed E-state index contributed by atoms with van der Waals surface area (Å²) in [4.78, 5) is 12.6. The summed E-state index contributed by atoms with van der Waals surface area (Å²) in [6.45, 7) is 1.75. The van der Waals surface area contributed by atoms with Gasteiger partial charge in [0.25, 0.3) is 5.91 Å². The van der Waals surface area contributed by atoms with Gasteiger partial charge in [0.2, 0.25) is 0 Å². The predicted molar refractivity (Wildman–Crippen MR) is 93.2 cm³/mol. The van der Waals surface area contributed by atoms with E-state index in [2.05, 4.69) is 10.4 Å². The largest absolute Gasteiger partial charge is 0.394 e. The topological polar surface area (TPSA) is 67.2 Å². The van der Waals surface area contributed by atoms with Crippen molar-refractivity contribution in [2.75, 3.05) is 6.61 Å². The fourth-order valence-corrected chi connectivity index (χ4v) is 3.45. The van der Waals surface area contributed by atoms with Crippen molar-refractivity contribution in [3.05, 3.63) is 52.3 Å². The number of amides is 1. The lowest BCUT2D eigenvalue weighted by molar-refractivity contribution is 0.0915. The zero-order valence-electron chi connectivity index (χ0n) is 13.7. The molecule has 1 fully saturated rings. The van der Waals surface area contributed by atoms with Crippen molar-refractivity contribution in [1.29, 1.82) is 0 Å². The average Bonchev–Trinajstić information content (AvgIpc) is 3.22. The van der Waals surface area contributed by atoms with E-state index in [1.807, 2.05) is 11.6 Å². The van der Waals surface area contributed by atoms with Gasteiger partial charge in [-0.05, 0) is 37.5 Å². The van der Waals surface area contributed by atoms with Crippen LogP contribution in [-0.4, -0.2) is 27.4 Å². The van der Waals surface area contributed by atoms with Gasteiger partial charge in [0.1, 0.15) is 0 Å². The van der Waals surface area contributed by atoms with Crippen LogP contribution in [0.15, 0.2) is 30.5 Å². The highest BCUT2D eigenvalue weighted by Gasteiger charge is 2.23. The Morgan fingerprint density at radius 2 is 2.04 bits per heavy atom. The Hall–Kier alpha value is -1.85. The first-order valence-corrected chi connectivity index (χ1v) is 8.69. The molecule has 1 aromatic heterocycles. The van der Waals surface area contributed by atoms with E-state index in [0.717, 1.165) is 24.1 Å². The van der Waals surface area contributed by atoms with Crippen molar-refractivity contribution in [2.24, 2.45) is 0 Å². The molecule has 1 amide bonds. The molecule has 2 N–H and O–H groups in total. The number of nitrogens with zero attached hydrogens (tertiary/aromatic N) is 2. The van der Waals surface area contributed by atoms with Crippen LogP contribution in [-0.2, 0) is 0 Å². The summed E-state index contributed by atoms with van der Waals surface area (Å²) in [6, 6.07) is 7.03. The van der Waals surface area contributed by atoms with Gasteiger partial charge < -0.3 is 10.4 Å². The number of aromatic nitrogens is 2. The lowest BCUT2D eigenvalue weighted by Gasteiger charge is -2.17. The molecule has 0 spiro atoms. The van der Waals surface area contributed by atoms with Gasteiger partial charge in [-0.25, -0.2) is 0 Å². The number of aliphatic hydroxyl groups is 1. The summed E-state index contributed by atoms with van der Waals surface area (Å²) in [6.07, 6.45) is 6.30. The van der Waals surface area contributed by atoms with E-state index in [1.54, 1.807) is 30.5 Å². The Labute approximate surface area is 146 Å². The number of hydrogen-bond donors (Lipinski definition) is 2. The van der Waals surface area contributed by atoms with Gasteiger partial charge in [0.05, 0.1) is 30.5 Å². The van der Waals surface area contributed by atoms with Crippen LogP contribution >= 0.6 is 11.6 Å². The van der Waals surface area contributed by atoms with Crippen LogP contribution in [0.5, 0.6) is 0 Å². The van der Waals surface area contributed by atoms with Crippen molar-refractivity contribution < 1.29 is 9.90 Å². The molecule has 5 nitrogen and oxygen atoms in total. The van der Waals surface area contributed by atoms with Crippen LogP contribution < -0.4 is 5.32 Å². The van der Waals surface area contributed by atoms with Gasteiger partial charge in [0, 0.05) is 10.7 Å². The third-order valence-corrected chi connectivity index (χ3v) is 4.97. The molecule has 24 heavy (non-hydrogen) atoms. The molecule has 1 unspecified atom stereocenters. The van der Waals surface area contributed by atoms with E-state index >= 15 is 0 Å².